The van der Waals surface area contributed by atoms with Gasteiger partial charge in [-0.15, -0.1) is 0 Å². The lowest BCUT2D eigenvalue weighted by molar-refractivity contribution is 0.575. The van der Waals surface area contributed by atoms with Crippen LogP contribution in [-0.4, -0.2) is 0 Å². The van der Waals surface area contributed by atoms with E-state index in [1.54, 1.807) is 0 Å². The average Bonchev–Trinajstić information content (AvgIpc) is 2.37. The molecule has 0 spiro atoms. The first-order valence-electron chi connectivity index (χ1n) is 5.99. The molecule has 3 N–H and O–H groups in total. The molecule has 0 unspecified atom stereocenters. The molecule has 2 rings (SSSR count). The summed E-state index contributed by atoms with van der Waals surface area (Å²) in [5.41, 5.74) is 9.16. The molecule has 0 aliphatic heterocycles. The Morgan fingerprint density at radius 2 is 1.94 bits per heavy atom. The summed E-state index contributed by atoms with van der Waals surface area (Å²) in [7, 11) is 0. The number of rotatable bonds is 4. The fourth-order valence-electron chi connectivity index (χ4n) is 1.85. The fourth-order valence-corrected chi connectivity index (χ4v) is 2.27. The van der Waals surface area contributed by atoms with Crippen molar-refractivity contribution in [2.24, 2.45) is 0 Å². The Hall–Kier alpha value is -1.32. The predicted octanol–water partition coefficient (Wildman–Crippen LogP) is 3.88. The van der Waals surface area contributed by atoms with Gasteiger partial charge in [0.2, 0.25) is 0 Å². The third-order valence-electron chi connectivity index (χ3n) is 3.00. The molecule has 0 saturated heterocycles. The SMILES string of the molecule is C[C@@H](NCc1ccccc1N)c1cccc(Br)c1. The van der Waals surface area contributed by atoms with Crippen LogP contribution in [0.2, 0.25) is 0 Å². The second-order valence-corrected chi connectivity index (χ2v) is 5.27. The molecule has 0 aliphatic carbocycles. The smallest absolute Gasteiger partial charge is 0.0359 e. The summed E-state index contributed by atoms with van der Waals surface area (Å²) in [5.74, 6) is 0. The third kappa shape index (κ3) is 3.34. The minimum atomic E-state index is 0.294. The van der Waals surface area contributed by atoms with E-state index in [1.165, 1.54) is 5.56 Å². The number of para-hydroxylation sites is 1. The van der Waals surface area contributed by atoms with Crippen LogP contribution in [0, 0.1) is 0 Å². The second-order valence-electron chi connectivity index (χ2n) is 4.36. The summed E-state index contributed by atoms with van der Waals surface area (Å²) in [6.07, 6.45) is 0. The molecule has 0 heterocycles. The summed E-state index contributed by atoms with van der Waals surface area (Å²) in [6, 6.07) is 16.6. The van der Waals surface area contributed by atoms with E-state index >= 15 is 0 Å². The molecule has 1 atom stereocenters. The van der Waals surface area contributed by atoms with E-state index < -0.39 is 0 Å². The normalized spacial score (nSPS) is 12.3. The Bertz CT molecular complexity index is 525. The highest BCUT2D eigenvalue weighted by molar-refractivity contribution is 9.10. The van der Waals surface area contributed by atoms with Gasteiger partial charge >= 0.3 is 0 Å². The Labute approximate surface area is 116 Å². The van der Waals surface area contributed by atoms with Gasteiger partial charge in [-0.1, -0.05) is 46.3 Å². The molecule has 0 radical (unpaired) electrons. The zero-order valence-electron chi connectivity index (χ0n) is 10.4. The quantitative estimate of drug-likeness (QED) is 0.841. The summed E-state index contributed by atoms with van der Waals surface area (Å²) >= 11 is 3.49. The van der Waals surface area contributed by atoms with Crippen LogP contribution in [0.3, 0.4) is 0 Å². The lowest BCUT2D eigenvalue weighted by Gasteiger charge is -2.15. The first-order valence-corrected chi connectivity index (χ1v) is 6.78. The molecule has 2 aromatic carbocycles. The summed E-state index contributed by atoms with van der Waals surface area (Å²) in [5, 5.41) is 3.48. The lowest BCUT2D eigenvalue weighted by atomic mass is 10.1. The van der Waals surface area contributed by atoms with Gasteiger partial charge in [0.1, 0.15) is 0 Å². The van der Waals surface area contributed by atoms with Crippen LogP contribution in [-0.2, 0) is 6.54 Å². The summed E-state index contributed by atoms with van der Waals surface area (Å²) in [6.45, 7) is 2.93. The molecule has 0 aliphatic rings. The monoisotopic (exact) mass is 304 g/mol. The molecule has 18 heavy (non-hydrogen) atoms. The molecule has 0 fully saturated rings. The first kappa shape index (κ1) is 13.1. The number of hydrogen-bond acceptors (Lipinski definition) is 2. The zero-order valence-corrected chi connectivity index (χ0v) is 11.9. The van der Waals surface area contributed by atoms with E-state index in [0.717, 1.165) is 22.3 Å². The highest BCUT2D eigenvalue weighted by atomic mass is 79.9. The number of halogens is 1. The Morgan fingerprint density at radius 3 is 2.67 bits per heavy atom. The highest BCUT2D eigenvalue weighted by Crippen LogP contribution is 2.19. The second kappa shape index (κ2) is 6.03. The van der Waals surface area contributed by atoms with Crippen LogP contribution in [0.25, 0.3) is 0 Å². The molecule has 0 aromatic heterocycles. The van der Waals surface area contributed by atoms with E-state index in [4.69, 9.17) is 5.73 Å². The van der Waals surface area contributed by atoms with Crippen LogP contribution < -0.4 is 11.1 Å². The molecule has 2 nitrogen and oxygen atoms in total. The summed E-state index contributed by atoms with van der Waals surface area (Å²) in [4.78, 5) is 0. The van der Waals surface area contributed by atoms with Crippen LogP contribution >= 0.6 is 15.9 Å². The van der Waals surface area contributed by atoms with Crippen LogP contribution in [0.4, 0.5) is 5.69 Å². The number of nitrogens with two attached hydrogens (primary N) is 1. The van der Waals surface area contributed by atoms with Gasteiger partial charge in [0.25, 0.3) is 0 Å². The van der Waals surface area contributed by atoms with Gasteiger partial charge in [-0.05, 0) is 36.2 Å². The molecule has 3 heteroatoms. The zero-order chi connectivity index (χ0) is 13.0. The maximum Gasteiger partial charge on any atom is 0.0359 e. The minimum Gasteiger partial charge on any atom is -0.398 e. The van der Waals surface area contributed by atoms with Crippen LogP contribution in [0.15, 0.2) is 53.0 Å². The number of anilines is 1. The molecule has 0 saturated carbocycles. The maximum absolute atomic E-state index is 5.92. The number of nitrogen functional groups attached to an aromatic ring is 1. The molecule has 94 valence electrons. The Morgan fingerprint density at radius 1 is 1.17 bits per heavy atom. The van der Waals surface area contributed by atoms with Gasteiger partial charge in [-0.3, -0.25) is 0 Å². The fraction of sp³-hybridized carbons (Fsp3) is 0.200. The van der Waals surface area contributed by atoms with Crippen LogP contribution in [0.5, 0.6) is 0 Å². The van der Waals surface area contributed by atoms with Gasteiger partial charge in [0.05, 0.1) is 0 Å². The van der Waals surface area contributed by atoms with E-state index in [9.17, 15) is 0 Å². The standard InChI is InChI=1S/C15H17BrN2/c1-11(12-6-4-7-14(16)9-12)18-10-13-5-2-3-8-15(13)17/h2-9,11,18H,10,17H2,1H3/t11-/m1/s1. The third-order valence-corrected chi connectivity index (χ3v) is 3.50. The van der Waals surface area contributed by atoms with Crippen molar-refractivity contribution in [3.63, 3.8) is 0 Å². The molecule has 2 aromatic rings. The van der Waals surface area contributed by atoms with Crippen molar-refractivity contribution >= 4 is 21.6 Å². The van der Waals surface area contributed by atoms with Gasteiger partial charge in [0.15, 0.2) is 0 Å². The van der Waals surface area contributed by atoms with E-state index in [1.807, 2.05) is 24.3 Å². The summed E-state index contributed by atoms with van der Waals surface area (Å²) < 4.78 is 1.10. The topological polar surface area (TPSA) is 38.0 Å². The largest absolute Gasteiger partial charge is 0.398 e. The highest BCUT2D eigenvalue weighted by Gasteiger charge is 2.06. The van der Waals surface area contributed by atoms with Gasteiger partial charge in [-0.25, -0.2) is 0 Å². The van der Waals surface area contributed by atoms with Crippen LogP contribution in [0.1, 0.15) is 24.1 Å². The van der Waals surface area contributed by atoms with E-state index in [-0.39, 0.29) is 0 Å². The lowest BCUT2D eigenvalue weighted by Crippen LogP contribution is -2.18. The first-order chi connectivity index (χ1) is 8.66. The molecule has 0 amide bonds. The molecular weight excluding hydrogens is 288 g/mol. The van der Waals surface area contributed by atoms with Gasteiger partial charge in [-0.2, -0.15) is 0 Å². The van der Waals surface area contributed by atoms with Gasteiger partial charge in [0, 0.05) is 22.7 Å². The van der Waals surface area contributed by atoms with Crippen molar-refractivity contribution in [2.45, 2.75) is 19.5 Å². The minimum absolute atomic E-state index is 0.294. The van der Waals surface area contributed by atoms with Crippen molar-refractivity contribution in [1.82, 2.24) is 5.32 Å². The molecular formula is C15H17BrN2. The van der Waals surface area contributed by atoms with Crippen molar-refractivity contribution in [3.8, 4) is 0 Å². The van der Waals surface area contributed by atoms with Crippen molar-refractivity contribution in [2.75, 3.05) is 5.73 Å². The van der Waals surface area contributed by atoms with Crippen molar-refractivity contribution in [3.05, 3.63) is 64.1 Å². The maximum atomic E-state index is 5.92. The molecule has 0 bridgehead atoms. The van der Waals surface area contributed by atoms with Crippen molar-refractivity contribution < 1.29 is 0 Å². The van der Waals surface area contributed by atoms with E-state index in [0.29, 0.717) is 6.04 Å². The average molecular weight is 305 g/mol. The Balaban J connectivity index is 2.00. The number of benzene rings is 2. The van der Waals surface area contributed by atoms with E-state index in [2.05, 4.69) is 52.4 Å². The number of nitrogens with one attached hydrogen (secondary N) is 1. The van der Waals surface area contributed by atoms with Gasteiger partial charge < -0.3 is 11.1 Å². The van der Waals surface area contributed by atoms with Crippen molar-refractivity contribution in [1.29, 1.82) is 0 Å². The number of hydrogen-bond donors (Lipinski definition) is 2. The predicted molar refractivity (Wildman–Crippen MR) is 80.3 cm³/mol. The Kier molecular flexibility index (Phi) is 4.39.